The van der Waals surface area contributed by atoms with Crippen LogP contribution in [0, 0.1) is 0 Å². The normalized spacial score (nSPS) is 14.5. The van der Waals surface area contributed by atoms with Gasteiger partial charge in [0.2, 0.25) is 0 Å². The maximum absolute atomic E-state index is 13.0. The van der Waals surface area contributed by atoms with Crippen LogP contribution in [0.25, 0.3) is 4.72 Å². The van der Waals surface area contributed by atoms with Crippen molar-refractivity contribution in [3.63, 3.8) is 0 Å². The number of amides is 2. The number of benzene rings is 1. The number of aryl methyl sites for hydroxylation is 1. The zero-order valence-electron chi connectivity index (χ0n) is 16.9. The number of anilines is 2. The molecular weight excluding hydrogens is 445 g/mol. The van der Waals surface area contributed by atoms with Crippen molar-refractivity contribution in [3.8, 4) is 5.75 Å². The second-order valence-corrected chi connectivity index (χ2v) is 8.30. The summed E-state index contributed by atoms with van der Waals surface area (Å²) in [6, 6.07) is 3.08. The van der Waals surface area contributed by atoms with Gasteiger partial charge in [0.25, 0.3) is 10.2 Å². The third-order valence-electron chi connectivity index (χ3n) is 4.27. The molecule has 13 heteroatoms. The molecule has 0 atom stereocenters. The van der Waals surface area contributed by atoms with Crippen molar-refractivity contribution < 1.29 is 52.2 Å². The molecule has 0 saturated carbocycles. The summed E-state index contributed by atoms with van der Waals surface area (Å²) >= 11 is 5.97. The van der Waals surface area contributed by atoms with E-state index in [-0.39, 0.29) is 41.3 Å². The molecule has 0 aliphatic carbocycles. The number of methoxy groups -OCH3 is 1. The van der Waals surface area contributed by atoms with E-state index >= 15 is 0 Å². The predicted molar refractivity (Wildman–Crippen MR) is 109 cm³/mol. The molecular formula is C17H21ClN5NaO5S. The summed E-state index contributed by atoms with van der Waals surface area (Å²) in [4.78, 5) is 12.3. The van der Waals surface area contributed by atoms with Crippen LogP contribution in [0.5, 0.6) is 5.75 Å². The van der Waals surface area contributed by atoms with Crippen molar-refractivity contribution in [1.82, 2.24) is 9.78 Å². The zero-order chi connectivity index (χ0) is 21.0. The number of nitrogens with zero attached hydrogens (tertiary/aromatic N) is 4. The molecule has 1 fully saturated rings. The number of carbonyl (C=O) groups is 1. The van der Waals surface area contributed by atoms with Crippen LogP contribution < -0.4 is 43.9 Å². The van der Waals surface area contributed by atoms with Crippen molar-refractivity contribution in [3.05, 3.63) is 40.3 Å². The van der Waals surface area contributed by atoms with Crippen molar-refractivity contribution in [1.29, 1.82) is 0 Å². The molecule has 0 bridgehead atoms. The fourth-order valence-corrected chi connectivity index (χ4v) is 4.54. The predicted octanol–water partition coefficient (Wildman–Crippen LogP) is -0.0779. The molecule has 1 aliphatic heterocycles. The molecule has 1 N–H and O–H groups in total. The van der Waals surface area contributed by atoms with E-state index in [2.05, 4.69) is 15.1 Å². The Kier molecular flexibility index (Phi) is 8.83. The Morgan fingerprint density at radius 3 is 2.67 bits per heavy atom. The fourth-order valence-electron chi connectivity index (χ4n) is 3.02. The van der Waals surface area contributed by atoms with Crippen LogP contribution in [0.15, 0.2) is 30.6 Å². The number of ether oxygens (including phenoxy) is 2. The molecule has 0 spiro atoms. The molecule has 0 unspecified atom stereocenters. The molecule has 158 valence electrons. The Bertz CT molecular complexity index is 981. The van der Waals surface area contributed by atoms with Gasteiger partial charge in [0.1, 0.15) is 5.75 Å². The van der Waals surface area contributed by atoms with Gasteiger partial charge in [-0.3, -0.25) is 13.8 Å². The first-order chi connectivity index (χ1) is 13.8. The van der Waals surface area contributed by atoms with Gasteiger partial charge in [-0.05, 0) is 36.7 Å². The van der Waals surface area contributed by atoms with Crippen LogP contribution in [0.4, 0.5) is 16.2 Å². The number of carbonyl (C=O) groups excluding carboxylic acids is 1. The van der Waals surface area contributed by atoms with Gasteiger partial charge in [0.05, 0.1) is 19.0 Å². The van der Waals surface area contributed by atoms with Gasteiger partial charge in [0, 0.05) is 37.5 Å². The third-order valence-corrected chi connectivity index (χ3v) is 5.89. The Morgan fingerprint density at radius 1 is 1.37 bits per heavy atom. The van der Waals surface area contributed by atoms with E-state index in [0.29, 0.717) is 42.5 Å². The average Bonchev–Trinajstić information content (AvgIpc) is 3.06. The molecule has 1 saturated heterocycles. The number of halogens is 1. The molecule has 1 aromatic heterocycles. The molecule has 2 heterocycles. The Labute approximate surface area is 202 Å². The molecule has 3 rings (SSSR count). The maximum atomic E-state index is 13.0. The number of hydrogen-bond donors (Lipinski definition) is 1. The molecule has 2 aromatic rings. The van der Waals surface area contributed by atoms with Gasteiger partial charge >= 0.3 is 29.6 Å². The van der Waals surface area contributed by atoms with Crippen molar-refractivity contribution >= 4 is 39.2 Å². The van der Waals surface area contributed by atoms with Crippen molar-refractivity contribution in [2.45, 2.75) is 18.9 Å². The molecule has 1 aliphatic rings. The molecule has 0 radical (unpaired) electrons. The minimum absolute atomic E-state index is 0. The first-order valence-electron chi connectivity index (χ1n) is 8.78. The first kappa shape index (κ1) is 24.8. The molecule has 2 amide bonds. The van der Waals surface area contributed by atoms with Crippen LogP contribution in [-0.4, -0.2) is 50.6 Å². The Morgan fingerprint density at radius 2 is 2.07 bits per heavy atom. The average molecular weight is 466 g/mol. The SMILES string of the molecule is COc1cc(Cl)cc(NC(=O)[N-]S(=O)(=O)N(c2cnn(C)c2)C2CCOCC2)c1.[Na+]. The van der Waals surface area contributed by atoms with Crippen LogP contribution in [0.1, 0.15) is 12.8 Å². The van der Waals surface area contributed by atoms with E-state index in [1.54, 1.807) is 19.3 Å². The van der Waals surface area contributed by atoms with Crippen LogP contribution in [0.3, 0.4) is 0 Å². The zero-order valence-corrected chi connectivity index (χ0v) is 20.5. The van der Waals surface area contributed by atoms with Gasteiger partial charge in [0.15, 0.2) is 6.03 Å². The summed E-state index contributed by atoms with van der Waals surface area (Å²) in [5.41, 5.74) is 0.595. The summed E-state index contributed by atoms with van der Waals surface area (Å²) in [7, 11) is -1.21. The van der Waals surface area contributed by atoms with Gasteiger partial charge in [-0.1, -0.05) is 11.6 Å². The van der Waals surface area contributed by atoms with E-state index in [1.165, 1.54) is 30.1 Å². The van der Waals surface area contributed by atoms with E-state index in [1.807, 2.05) is 0 Å². The number of hydrogen-bond acceptors (Lipinski definition) is 6. The second-order valence-electron chi connectivity index (χ2n) is 6.39. The number of urea groups is 1. The largest absolute Gasteiger partial charge is 1.00 e. The van der Waals surface area contributed by atoms with E-state index < -0.39 is 16.2 Å². The smallest absolute Gasteiger partial charge is 0.497 e. The summed E-state index contributed by atoms with van der Waals surface area (Å²) in [5, 5.41) is 6.76. The second kappa shape index (κ2) is 10.7. The molecule has 30 heavy (non-hydrogen) atoms. The number of rotatable bonds is 6. The van der Waals surface area contributed by atoms with Gasteiger partial charge in [-0.2, -0.15) is 5.10 Å². The Balaban J connectivity index is 0.00000320. The summed E-state index contributed by atoms with van der Waals surface area (Å²) in [6.45, 7) is 0.844. The van der Waals surface area contributed by atoms with Crippen LogP contribution in [-0.2, 0) is 22.0 Å². The van der Waals surface area contributed by atoms with Gasteiger partial charge in [-0.15, -0.1) is 0 Å². The fraction of sp³-hybridized carbons (Fsp3) is 0.412. The Hall–Kier alpha value is -1.50. The minimum Gasteiger partial charge on any atom is -0.497 e. The van der Waals surface area contributed by atoms with Crippen molar-refractivity contribution in [2.75, 3.05) is 29.9 Å². The topological polar surface area (TPSA) is 117 Å². The monoisotopic (exact) mass is 465 g/mol. The van der Waals surface area contributed by atoms with Crippen LogP contribution >= 0.6 is 11.6 Å². The van der Waals surface area contributed by atoms with Crippen molar-refractivity contribution in [2.24, 2.45) is 7.05 Å². The van der Waals surface area contributed by atoms with E-state index in [4.69, 9.17) is 21.1 Å². The van der Waals surface area contributed by atoms with Crippen LogP contribution in [0.2, 0.25) is 5.02 Å². The molecule has 10 nitrogen and oxygen atoms in total. The standard InChI is InChI=1S/C17H22ClN5O5S.Na/c1-22-11-15(10-19-22)23(14-3-5-28-6-4-14)29(25,26)21-17(24)20-13-7-12(18)8-16(9-13)27-2;/h7-11,14H,3-6H2,1-2H3,(H2,20,21,24);/q;+1/p-1. The van der Waals surface area contributed by atoms with E-state index in [9.17, 15) is 13.2 Å². The van der Waals surface area contributed by atoms with Gasteiger partial charge < -0.3 is 19.5 Å². The number of aromatic nitrogens is 2. The maximum Gasteiger partial charge on any atom is 1.00 e. The third kappa shape index (κ3) is 6.25. The minimum atomic E-state index is -4.33. The number of nitrogens with one attached hydrogen (secondary N) is 1. The summed E-state index contributed by atoms with van der Waals surface area (Å²) < 4.78 is 42.4. The summed E-state index contributed by atoms with van der Waals surface area (Å²) in [5.74, 6) is 0.412. The summed E-state index contributed by atoms with van der Waals surface area (Å²) in [6.07, 6.45) is 3.94. The first-order valence-corrected chi connectivity index (χ1v) is 10.6. The quantitative estimate of drug-likeness (QED) is 0.596. The molecule has 1 aromatic carbocycles. The van der Waals surface area contributed by atoms with E-state index in [0.717, 1.165) is 4.31 Å². The van der Waals surface area contributed by atoms with Gasteiger partial charge in [-0.25, -0.2) is 8.42 Å².